The van der Waals surface area contributed by atoms with Crippen molar-refractivity contribution in [2.45, 2.75) is 6.92 Å². The molecule has 2 heterocycles. The van der Waals surface area contributed by atoms with Crippen LogP contribution in [0.3, 0.4) is 0 Å². The first kappa shape index (κ1) is 15.5. The number of para-hydroxylation sites is 1. The Morgan fingerprint density at radius 1 is 1.09 bits per heavy atom. The van der Waals surface area contributed by atoms with E-state index in [0.717, 1.165) is 44.1 Å². The molecule has 1 aliphatic rings. The lowest BCUT2D eigenvalue weighted by Gasteiger charge is -2.34. The van der Waals surface area contributed by atoms with Crippen molar-refractivity contribution in [3.63, 3.8) is 0 Å². The van der Waals surface area contributed by atoms with Crippen LogP contribution < -0.4 is 5.32 Å². The number of piperazine rings is 1. The zero-order valence-corrected chi connectivity index (χ0v) is 13.4. The second-order valence-corrected chi connectivity index (χ2v) is 5.68. The number of aromatic nitrogens is 1. The van der Waals surface area contributed by atoms with E-state index in [1.165, 1.54) is 0 Å². The van der Waals surface area contributed by atoms with Gasteiger partial charge in [0.15, 0.2) is 0 Å². The maximum atomic E-state index is 12.6. The second kappa shape index (κ2) is 7.24. The largest absolute Gasteiger partial charge is 0.354 e. The van der Waals surface area contributed by atoms with Gasteiger partial charge in [0, 0.05) is 38.1 Å². The van der Waals surface area contributed by atoms with E-state index in [-0.39, 0.29) is 5.91 Å². The summed E-state index contributed by atoms with van der Waals surface area (Å²) in [6.07, 6.45) is 3.38. The molecule has 1 N–H and O–H groups in total. The molecule has 0 atom stereocenters. The van der Waals surface area contributed by atoms with E-state index < -0.39 is 0 Å². The summed E-state index contributed by atoms with van der Waals surface area (Å²) in [6, 6.07) is 11.8. The van der Waals surface area contributed by atoms with Gasteiger partial charge in [-0.3, -0.25) is 9.78 Å². The highest BCUT2D eigenvalue weighted by molar-refractivity contribution is 5.95. The van der Waals surface area contributed by atoms with E-state index in [2.05, 4.69) is 22.1 Å². The highest BCUT2D eigenvalue weighted by Crippen LogP contribution is 2.17. The molecule has 0 aliphatic carbocycles. The Morgan fingerprint density at radius 2 is 1.83 bits per heavy atom. The van der Waals surface area contributed by atoms with E-state index in [9.17, 15) is 4.79 Å². The predicted octanol–water partition coefficient (Wildman–Crippen LogP) is 2.60. The van der Waals surface area contributed by atoms with Crippen molar-refractivity contribution in [3.05, 3.63) is 54.4 Å². The van der Waals surface area contributed by atoms with Crippen LogP contribution in [0.1, 0.15) is 17.3 Å². The first-order valence-corrected chi connectivity index (χ1v) is 8.05. The van der Waals surface area contributed by atoms with E-state index in [0.29, 0.717) is 5.56 Å². The quantitative estimate of drug-likeness (QED) is 0.943. The third kappa shape index (κ3) is 3.87. The number of carbonyl (C=O) groups is 1. The fourth-order valence-electron chi connectivity index (χ4n) is 2.76. The molecule has 0 saturated carbocycles. The summed E-state index contributed by atoms with van der Waals surface area (Å²) in [5.41, 5.74) is 2.44. The van der Waals surface area contributed by atoms with Crippen LogP contribution in [-0.2, 0) is 0 Å². The minimum Gasteiger partial charge on any atom is -0.354 e. The first-order valence-electron chi connectivity index (χ1n) is 8.05. The predicted molar refractivity (Wildman–Crippen MR) is 92.0 cm³/mol. The Labute approximate surface area is 136 Å². The number of benzene rings is 1. The zero-order valence-electron chi connectivity index (χ0n) is 13.4. The standard InChI is InChI=1S/C18H22N4O/c1-2-21-8-10-22(11-9-21)18(23)15-12-17(14-19-13-15)20-16-6-4-3-5-7-16/h3-7,12-14,20H,2,8-11H2,1H3. The van der Waals surface area contributed by atoms with Crippen LogP contribution in [0.2, 0.25) is 0 Å². The van der Waals surface area contributed by atoms with Gasteiger partial charge >= 0.3 is 0 Å². The van der Waals surface area contributed by atoms with Gasteiger partial charge in [-0.05, 0) is 24.7 Å². The maximum Gasteiger partial charge on any atom is 0.255 e. The summed E-state index contributed by atoms with van der Waals surface area (Å²) in [5.74, 6) is 0.0602. The lowest BCUT2D eigenvalue weighted by molar-refractivity contribution is 0.0643. The van der Waals surface area contributed by atoms with E-state index in [1.807, 2.05) is 41.3 Å². The number of pyridine rings is 1. The Bertz CT molecular complexity index is 651. The van der Waals surface area contributed by atoms with Gasteiger partial charge in [-0.1, -0.05) is 25.1 Å². The van der Waals surface area contributed by atoms with Crippen molar-refractivity contribution < 1.29 is 4.79 Å². The van der Waals surface area contributed by atoms with E-state index >= 15 is 0 Å². The Balaban J connectivity index is 1.68. The number of likely N-dealkylation sites (N-methyl/N-ethyl adjacent to an activating group) is 1. The molecule has 120 valence electrons. The average molecular weight is 310 g/mol. The van der Waals surface area contributed by atoms with Crippen molar-refractivity contribution >= 4 is 17.3 Å². The molecule has 1 saturated heterocycles. The lowest BCUT2D eigenvalue weighted by atomic mass is 10.2. The van der Waals surface area contributed by atoms with Crippen molar-refractivity contribution in [1.29, 1.82) is 0 Å². The van der Waals surface area contributed by atoms with Crippen molar-refractivity contribution in [2.24, 2.45) is 0 Å². The summed E-state index contributed by atoms with van der Waals surface area (Å²) in [5, 5.41) is 3.28. The Kier molecular flexibility index (Phi) is 4.88. The number of amides is 1. The van der Waals surface area contributed by atoms with Crippen LogP contribution in [0.15, 0.2) is 48.8 Å². The summed E-state index contributed by atoms with van der Waals surface area (Å²) in [6.45, 7) is 6.64. The van der Waals surface area contributed by atoms with Crippen LogP contribution in [0.5, 0.6) is 0 Å². The summed E-state index contributed by atoms with van der Waals surface area (Å²) in [4.78, 5) is 21.1. The van der Waals surface area contributed by atoms with E-state index in [1.54, 1.807) is 12.4 Å². The molecule has 1 fully saturated rings. The van der Waals surface area contributed by atoms with Crippen LogP contribution in [-0.4, -0.2) is 53.4 Å². The minimum atomic E-state index is 0.0602. The highest BCUT2D eigenvalue weighted by atomic mass is 16.2. The van der Waals surface area contributed by atoms with Gasteiger partial charge in [-0.15, -0.1) is 0 Å². The van der Waals surface area contributed by atoms with E-state index in [4.69, 9.17) is 0 Å². The van der Waals surface area contributed by atoms with Gasteiger partial charge in [0.2, 0.25) is 0 Å². The topological polar surface area (TPSA) is 48.5 Å². The Hall–Kier alpha value is -2.40. The molecule has 0 radical (unpaired) electrons. The van der Waals surface area contributed by atoms with Gasteiger partial charge in [-0.2, -0.15) is 0 Å². The summed E-state index contributed by atoms with van der Waals surface area (Å²) in [7, 11) is 0. The monoisotopic (exact) mass is 310 g/mol. The fourth-order valence-corrected chi connectivity index (χ4v) is 2.76. The minimum absolute atomic E-state index is 0.0602. The molecule has 0 unspecified atom stereocenters. The lowest BCUT2D eigenvalue weighted by Crippen LogP contribution is -2.48. The molecule has 1 amide bonds. The first-order chi connectivity index (χ1) is 11.3. The molecule has 3 rings (SSSR count). The molecule has 0 bridgehead atoms. The average Bonchev–Trinajstić information content (AvgIpc) is 2.62. The summed E-state index contributed by atoms with van der Waals surface area (Å²) >= 11 is 0. The van der Waals surface area contributed by atoms with Gasteiger partial charge < -0.3 is 15.1 Å². The normalized spacial score (nSPS) is 15.4. The number of nitrogens with one attached hydrogen (secondary N) is 1. The molecular formula is C18H22N4O. The maximum absolute atomic E-state index is 12.6. The third-order valence-electron chi connectivity index (χ3n) is 4.15. The number of rotatable bonds is 4. The molecular weight excluding hydrogens is 288 g/mol. The molecule has 2 aromatic rings. The molecule has 5 heteroatoms. The number of hydrogen-bond acceptors (Lipinski definition) is 4. The van der Waals surface area contributed by atoms with Gasteiger partial charge in [0.25, 0.3) is 5.91 Å². The molecule has 0 spiro atoms. The van der Waals surface area contributed by atoms with Gasteiger partial charge in [-0.25, -0.2) is 0 Å². The van der Waals surface area contributed by atoms with Crippen molar-refractivity contribution in [1.82, 2.24) is 14.8 Å². The summed E-state index contributed by atoms with van der Waals surface area (Å²) < 4.78 is 0. The van der Waals surface area contributed by atoms with Crippen molar-refractivity contribution in [3.8, 4) is 0 Å². The molecule has 1 aromatic carbocycles. The molecule has 1 aliphatic heterocycles. The number of anilines is 2. The van der Waals surface area contributed by atoms with Crippen LogP contribution >= 0.6 is 0 Å². The Morgan fingerprint density at radius 3 is 2.52 bits per heavy atom. The van der Waals surface area contributed by atoms with Gasteiger partial charge in [0.1, 0.15) is 0 Å². The third-order valence-corrected chi connectivity index (χ3v) is 4.15. The number of nitrogens with zero attached hydrogens (tertiary/aromatic N) is 3. The highest BCUT2D eigenvalue weighted by Gasteiger charge is 2.21. The zero-order chi connectivity index (χ0) is 16.1. The smallest absolute Gasteiger partial charge is 0.255 e. The molecule has 23 heavy (non-hydrogen) atoms. The van der Waals surface area contributed by atoms with Crippen LogP contribution in [0.4, 0.5) is 11.4 Å². The fraction of sp³-hybridized carbons (Fsp3) is 0.333. The second-order valence-electron chi connectivity index (χ2n) is 5.68. The molecule has 1 aromatic heterocycles. The molecule has 5 nitrogen and oxygen atoms in total. The van der Waals surface area contributed by atoms with Crippen LogP contribution in [0.25, 0.3) is 0 Å². The van der Waals surface area contributed by atoms with Gasteiger partial charge in [0.05, 0.1) is 17.4 Å². The van der Waals surface area contributed by atoms with Crippen molar-refractivity contribution in [2.75, 3.05) is 38.0 Å². The number of carbonyl (C=O) groups excluding carboxylic acids is 1. The van der Waals surface area contributed by atoms with Crippen LogP contribution in [0, 0.1) is 0 Å². The number of hydrogen-bond donors (Lipinski definition) is 1. The SMILES string of the molecule is CCN1CCN(C(=O)c2cncc(Nc3ccccc3)c2)CC1.